The summed E-state index contributed by atoms with van der Waals surface area (Å²) in [7, 11) is 1.65. The molecule has 0 amide bonds. The zero-order chi connectivity index (χ0) is 16.2. The Kier molecular flexibility index (Phi) is 4.24. The Bertz CT molecular complexity index is 872. The molecule has 2 aromatic carbocycles. The Labute approximate surface area is 135 Å². The van der Waals surface area contributed by atoms with Crippen molar-refractivity contribution in [3.63, 3.8) is 0 Å². The van der Waals surface area contributed by atoms with Crippen molar-refractivity contribution in [2.45, 2.75) is 13.8 Å². The van der Waals surface area contributed by atoms with Crippen LogP contribution in [0, 0.1) is 13.8 Å². The summed E-state index contributed by atoms with van der Waals surface area (Å²) in [6, 6.07) is 16.0. The van der Waals surface area contributed by atoms with E-state index in [-0.39, 0.29) is 0 Å². The number of hydrazone groups is 1. The predicted molar refractivity (Wildman–Crippen MR) is 95.4 cm³/mol. The summed E-state index contributed by atoms with van der Waals surface area (Å²) >= 11 is 0. The Morgan fingerprint density at radius 1 is 1.04 bits per heavy atom. The normalized spacial score (nSPS) is 11.1. The lowest BCUT2D eigenvalue weighted by molar-refractivity contribution is 0.414. The SMILES string of the molecule is COc1ccccc1C=NNc1cc(C)c2cccc(C)c2n1. The maximum atomic E-state index is 5.31. The fourth-order valence-corrected chi connectivity index (χ4v) is 2.56. The van der Waals surface area contributed by atoms with Crippen molar-refractivity contribution in [3.8, 4) is 5.75 Å². The number of nitrogens with zero attached hydrogens (tertiary/aromatic N) is 2. The van der Waals surface area contributed by atoms with Crippen molar-refractivity contribution >= 4 is 22.9 Å². The van der Waals surface area contributed by atoms with Crippen LogP contribution < -0.4 is 10.2 Å². The van der Waals surface area contributed by atoms with E-state index in [0.717, 1.165) is 28.2 Å². The van der Waals surface area contributed by atoms with Crippen LogP contribution >= 0.6 is 0 Å². The molecule has 0 aliphatic rings. The summed E-state index contributed by atoms with van der Waals surface area (Å²) in [5.74, 6) is 1.52. The Hall–Kier alpha value is -2.88. The second-order valence-electron chi connectivity index (χ2n) is 5.41. The molecule has 0 radical (unpaired) electrons. The number of rotatable bonds is 4. The van der Waals surface area contributed by atoms with Crippen molar-refractivity contribution in [1.82, 2.24) is 4.98 Å². The average Bonchev–Trinajstić information content (AvgIpc) is 2.56. The molecule has 1 aromatic heterocycles. The van der Waals surface area contributed by atoms with Crippen molar-refractivity contribution in [2.24, 2.45) is 5.10 Å². The van der Waals surface area contributed by atoms with Gasteiger partial charge in [0.25, 0.3) is 0 Å². The summed E-state index contributed by atoms with van der Waals surface area (Å²) in [5.41, 5.74) is 7.25. The van der Waals surface area contributed by atoms with E-state index < -0.39 is 0 Å². The van der Waals surface area contributed by atoms with Gasteiger partial charge in [-0.1, -0.05) is 30.3 Å². The van der Waals surface area contributed by atoms with Gasteiger partial charge in [-0.3, -0.25) is 5.43 Å². The van der Waals surface area contributed by atoms with Gasteiger partial charge in [-0.05, 0) is 43.2 Å². The molecule has 0 atom stereocenters. The zero-order valence-corrected chi connectivity index (χ0v) is 13.5. The summed E-state index contributed by atoms with van der Waals surface area (Å²) in [4.78, 5) is 4.65. The van der Waals surface area contributed by atoms with Gasteiger partial charge in [-0.15, -0.1) is 0 Å². The van der Waals surface area contributed by atoms with Crippen LogP contribution in [-0.2, 0) is 0 Å². The highest BCUT2D eigenvalue weighted by molar-refractivity contribution is 5.87. The maximum absolute atomic E-state index is 5.31. The lowest BCUT2D eigenvalue weighted by Gasteiger charge is -2.08. The van der Waals surface area contributed by atoms with Crippen molar-refractivity contribution < 1.29 is 4.74 Å². The minimum Gasteiger partial charge on any atom is -0.496 e. The van der Waals surface area contributed by atoms with Crippen LogP contribution in [0.3, 0.4) is 0 Å². The second-order valence-corrected chi connectivity index (χ2v) is 5.41. The van der Waals surface area contributed by atoms with E-state index in [2.05, 4.69) is 47.6 Å². The number of benzene rings is 2. The Morgan fingerprint density at radius 3 is 2.70 bits per heavy atom. The molecule has 4 nitrogen and oxygen atoms in total. The molecule has 0 aliphatic carbocycles. The summed E-state index contributed by atoms with van der Waals surface area (Å²) in [6.45, 7) is 4.15. The van der Waals surface area contributed by atoms with Gasteiger partial charge >= 0.3 is 0 Å². The van der Waals surface area contributed by atoms with Crippen LogP contribution in [0.5, 0.6) is 5.75 Å². The number of anilines is 1. The molecule has 0 bridgehead atoms. The summed E-state index contributed by atoms with van der Waals surface area (Å²) in [5, 5.41) is 5.45. The van der Waals surface area contributed by atoms with E-state index in [9.17, 15) is 0 Å². The predicted octanol–water partition coefficient (Wildman–Crippen LogP) is 4.31. The number of para-hydroxylation sites is 2. The number of fused-ring (bicyclic) bond motifs is 1. The number of nitrogens with one attached hydrogen (secondary N) is 1. The molecule has 23 heavy (non-hydrogen) atoms. The van der Waals surface area contributed by atoms with Crippen molar-refractivity contribution in [1.29, 1.82) is 0 Å². The van der Waals surface area contributed by atoms with Gasteiger partial charge in [0, 0.05) is 10.9 Å². The summed E-state index contributed by atoms with van der Waals surface area (Å²) in [6.07, 6.45) is 1.73. The van der Waals surface area contributed by atoms with Crippen LogP contribution in [0.15, 0.2) is 53.6 Å². The molecule has 1 N–H and O–H groups in total. The van der Waals surface area contributed by atoms with E-state index >= 15 is 0 Å². The zero-order valence-electron chi connectivity index (χ0n) is 13.5. The third-order valence-corrected chi connectivity index (χ3v) is 3.77. The highest BCUT2D eigenvalue weighted by Gasteiger charge is 2.04. The first-order chi connectivity index (χ1) is 11.2. The lowest BCUT2D eigenvalue weighted by atomic mass is 10.1. The van der Waals surface area contributed by atoms with E-state index in [1.54, 1.807) is 13.3 Å². The molecule has 1 heterocycles. The van der Waals surface area contributed by atoms with E-state index in [1.807, 2.05) is 30.3 Å². The van der Waals surface area contributed by atoms with Gasteiger partial charge < -0.3 is 4.74 Å². The van der Waals surface area contributed by atoms with Crippen LogP contribution in [0.1, 0.15) is 16.7 Å². The molecule has 0 fully saturated rings. The van der Waals surface area contributed by atoms with Gasteiger partial charge in [0.2, 0.25) is 0 Å². The first-order valence-corrected chi connectivity index (χ1v) is 7.48. The first kappa shape index (κ1) is 15.0. The number of hydrogen-bond acceptors (Lipinski definition) is 4. The molecule has 0 unspecified atom stereocenters. The Balaban J connectivity index is 1.87. The molecule has 0 saturated carbocycles. The van der Waals surface area contributed by atoms with Gasteiger partial charge in [0.15, 0.2) is 0 Å². The molecule has 3 rings (SSSR count). The highest BCUT2D eigenvalue weighted by Crippen LogP contribution is 2.23. The minimum atomic E-state index is 0.732. The standard InChI is InChI=1S/C19H19N3O/c1-13-7-6-9-16-14(2)11-18(21-19(13)16)22-20-12-15-8-4-5-10-17(15)23-3/h4-12H,1-3H3,(H,21,22). The molecule has 0 saturated heterocycles. The van der Waals surface area contributed by atoms with Crippen LogP contribution in [0.25, 0.3) is 10.9 Å². The molecular formula is C19H19N3O. The topological polar surface area (TPSA) is 46.5 Å². The maximum Gasteiger partial charge on any atom is 0.147 e. The number of ether oxygens (including phenoxy) is 1. The van der Waals surface area contributed by atoms with Crippen molar-refractivity contribution in [3.05, 3.63) is 65.2 Å². The molecule has 116 valence electrons. The fourth-order valence-electron chi connectivity index (χ4n) is 2.56. The van der Waals surface area contributed by atoms with Gasteiger partial charge in [0.1, 0.15) is 11.6 Å². The number of methoxy groups -OCH3 is 1. The number of hydrogen-bond donors (Lipinski definition) is 1. The smallest absolute Gasteiger partial charge is 0.147 e. The molecule has 0 aliphatic heterocycles. The average molecular weight is 305 g/mol. The number of pyridine rings is 1. The number of aryl methyl sites for hydroxylation is 2. The monoisotopic (exact) mass is 305 g/mol. The second kappa shape index (κ2) is 6.48. The van der Waals surface area contributed by atoms with Gasteiger partial charge in [-0.25, -0.2) is 4.98 Å². The minimum absolute atomic E-state index is 0.732. The molecule has 0 spiro atoms. The van der Waals surface area contributed by atoms with Gasteiger partial charge in [0.05, 0.1) is 18.8 Å². The van der Waals surface area contributed by atoms with E-state index in [1.165, 1.54) is 10.9 Å². The largest absolute Gasteiger partial charge is 0.496 e. The molecule has 3 aromatic rings. The quantitative estimate of drug-likeness (QED) is 0.577. The van der Waals surface area contributed by atoms with Crippen molar-refractivity contribution in [2.75, 3.05) is 12.5 Å². The molecule has 4 heteroatoms. The van der Waals surface area contributed by atoms with Crippen LogP contribution in [0.4, 0.5) is 5.82 Å². The summed E-state index contributed by atoms with van der Waals surface area (Å²) < 4.78 is 5.31. The lowest BCUT2D eigenvalue weighted by Crippen LogP contribution is -1.97. The third-order valence-electron chi connectivity index (χ3n) is 3.77. The molecular weight excluding hydrogens is 286 g/mol. The first-order valence-electron chi connectivity index (χ1n) is 7.48. The van der Waals surface area contributed by atoms with Crippen LogP contribution in [0.2, 0.25) is 0 Å². The Morgan fingerprint density at radius 2 is 1.87 bits per heavy atom. The fraction of sp³-hybridized carbons (Fsp3) is 0.158. The van der Waals surface area contributed by atoms with Crippen LogP contribution in [-0.4, -0.2) is 18.3 Å². The number of aromatic nitrogens is 1. The van der Waals surface area contributed by atoms with E-state index in [4.69, 9.17) is 4.74 Å². The third kappa shape index (κ3) is 3.16. The van der Waals surface area contributed by atoms with E-state index in [0.29, 0.717) is 0 Å². The highest BCUT2D eigenvalue weighted by atomic mass is 16.5. The van der Waals surface area contributed by atoms with Gasteiger partial charge in [-0.2, -0.15) is 5.10 Å².